The second-order valence-electron chi connectivity index (χ2n) is 6.78. The molecule has 1 aliphatic rings. The quantitative estimate of drug-likeness (QED) is 0.778. The summed E-state index contributed by atoms with van der Waals surface area (Å²) in [6, 6.07) is 10.3. The minimum atomic E-state index is 0.149. The van der Waals surface area contributed by atoms with Gasteiger partial charge in [0.1, 0.15) is 0 Å². The average Bonchev–Trinajstić information content (AvgIpc) is 3.23. The van der Waals surface area contributed by atoms with E-state index in [1.165, 1.54) is 16.1 Å². The summed E-state index contributed by atoms with van der Waals surface area (Å²) in [5, 5.41) is 3.27. The lowest BCUT2D eigenvalue weighted by atomic mass is 10.1. The zero-order valence-electron chi connectivity index (χ0n) is 14.7. The maximum Gasteiger partial charge on any atom is 0.253 e. The topological polar surface area (TPSA) is 39.3 Å². The summed E-state index contributed by atoms with van der Waals surface area (Å²) in [4.78, 5) is 22.1. The van der Waals surface area contributed by atoms with Gasteiger partial charge in [0.25, 0.3) is 5.91 Å². The molecule has 1 amide bonds. The molecule has 130 valence electrons. The number of aromatic amines is 1. The first-order chi connectivity index (χ1) is 12.1. The summed E-state index contributed by atoms with van der Waals surface area (Å²) in [5.74, 6) is 0.149. The second kappa shape index (κ2) is 6.65. The first-order valence-electron chi connectivity index (χ1n) is 8.75. The summed E-state index contributed by atoms with van der Waals surface area (Å²) in [6.45, 7) is 8.64. The van der Waals surface area contributed by atoms with Crippen molar-refractivity contribution in [3.63, 3.8) is 0 Å². The van der Waals surface area contributed by atoms with E-state index in [0.29, 0.717) is 0 Å². The third-order valence-electron chi connectivity index (χ3n) is 5.17. The number of nitrogens with zero attached hydrogens (tertiary/aromatic N) is 2. The number of hydrogen-bond acceptors (Lipinski definition) is 3. The third-order valence-corrected chi connectivity index (χ3v) is 6.04. The fraction of sp³-hybridized carbons (Fsp3) is 0.350. The molecular weight excluding hydrogens is 330 g/mol. The van der Waals surface area contributed by atoms with Gasteiger partial charge < -0.3 is 9.88 Å². The Bertz CT molecular complexity index is 889. The Kier molecular flexibility index (Phi) is 4.36. The molecule has 0 saturated carbocycles. The zero-order chi connectivity index (χ0) is 17.4. The molecule has 1 aliphatic heterocycles. The summed E-state index contributed by atoms with van der Waals surface area (Å²) >= 11 is 1.80. The SMILES string of the molecule is Cc1[nH]c2ccc(C(=O)N3CCN(Cc4cccs4)CC3)cc2c1C. The summed E-state index contributed by atoms with van der Waals surface area (Å²) in [5.41, 5.74) is 4.29. The van der Waals surface area contributed by atoms with Gasteiger partial charge in [-0.3, -0.25) is 9.69 Å². The number of thiophene rings is 1. The first kappa shape index (κ1) is 16.4. The number of carbonyl (C=O) groups excluding carboxylic acids is 1. The first-order valence-corrected chi connectivity index (χ1v) is 9.63. The molecule has 3 heterocycles. The molecule has 0 aliphatic carbocycles. The van der Waals surface area contributed by atoms with Crippen LogP contribution in [0.15, 0.2) is 35.7 Å². The van der Waals surface area contributed by atoms with Crippen molar-refractivity contribution in [2.45, 2.75) is 20.4 Å². The monoisotopic (exact) mass is 353 g/mol. The van der Waals surface area contributed by atoms with E-state index >= 15 is 0 Å². The number of aromatic nitrogens is 1. The maximum atomic E-state index is 12.9. The Hall–Kier alpha value is -2.11. The predicted octanol–water partition coefficient (Wildman–Crippen LogP) is 3.80. The zero-order valence-corrected chi connectivity index (χ0v) is 15.5. The number of piperazine rings is 1. The van der Waals surface area contributed by atoms with Crippen LogP contribution >= 0.6 is 11.3 Å². The number of benzene rings is 1. The van der Waals surface area contributed by atoms with Crippen LogP contribution in [0, 0.1) is 13.8 Å². The Morgan fingerprint density at radius 1 is 1.16 bits per heavy atom. The Balaban J connectivity index is 1.44. The normalized spacial score (nSPS) is 15.8. The highest BCUT2D eigenvalue weighted by atomic mass is 32.1. The Labute approximate surface area is 152 Å². The third kappa shape index (κ3) is 3.22. The molecule has 0 radical (unpaired) electrons. The standard InChI is InChI=1S/C20H23N3OS/c1-14-15(2)21-19-6-5-16(12-18(14)19)20(24)23-9-7-22(8-10-23)13-17-4-3-11-25-17/h3-6,11-12,21H,7-10,13H2,1-2H3. The van der Waals surface area contributed by atoms with Crippen LogP contribution in [-0.4, -0.2) is 46.9 Å². The lowest BCUT2D eigenvalue weighted by Gasteiger charge is -2.34. The molecule has 0 atom stereocenters. The fourth-order valence-corrected chi connectivity index (χ4v) is 4.26. The summed E-state index contributed by atoms with van der Waals surface area (Å²) in [7, 11) is 0. The van der Waals surface area contributed by atoms with Crippen molar-refractivity contribution in [1.82, 2.24) is 14.8 Å². The van der Waals surface area contributed by atoms with Crippen LogP contribution in [0.2, 0.25) is 0 Å². The van der Waals surface area contributed by atoms with E-state index < -0.39 is 0 Å². The lowest BCUT2D eigenvalue weighted by Crippen LogP contribution is -2.48. The van der Waals surface area contributed by atoms with Crippen molar-refractivity contribution in [2.75, 3.05) is 26.2 Å². The molecular formula is C20H23N3OS. The molecule has 0 spiro atoms. The molecule has 2 aromatic heterocycles. The minimum Gasteiger partial charge on any atom is -0.358 e. The Morgan fingerprint density at radius 3 is 2.68 bits per heavy atom. The number of H-pyrrole nitrogens is 1. The molecule has 3 aromatic rings. The van der Waals surface area contributed by atoms with Gasteiger partial charge in [0, 0.05) is 59.8 Å². The van der Waals surface area contributed by atoms with Crippen LogP contribution in [0.25, 0.3) is 10.9 Å². The van der Waals surface area contributed by atoms with Gasteiger partial charge in [-0.25, -0.2) is 0 Å². The molecule has 1 fully saturated rings. The smallest absolute Gasteiger partial charge is 0.253 e. The van der Waals surface area contributed by atoms with Crippen LogP contribution in [0.4, 0.5) is 0 Å². The fourth-order valence-electron chi connectivity index (χ4n) is 3.51. The van der Waals surface area contributed by atoms with Gasteiger partial charge in [-0.15, -0.1) is 11.3 Å². The van der Waals surface area contributed by atoms with Crippen molar-refractivity contribution in [3.8, 4) is 0 Å². The van der Waals surface area contributed by atoms with E-state index in [4.69, 9.17) is 0 Å². The van der Waals surface area contributed by atoms with Gasteiger partial charge in [0.15, 0.2) is 0 Å². The number of nitrogens with one attached hydrogen (secondary N) is 1. The van der Waals surface area contributed by atoms with E-state index in [-0.39, 0.29) is 5.91 Å². The van der Waals surface area contributed by atoms with Gasteiger partial charge in [0.05, 0.1) is 0 Å². The van der Waals surface area contributed by atoms with Gasteiger partial charge >= 0.3 is 0 Å². The minimum absolute atomic E-state index is 0.149. The van der Waals surface area contributed by atoms with E-state index in [1.54, 1.807) is 11.3 Å². The van der Waals surface area contributed by atoms with Crippen molar-refractivity contribution in [3.05, 3.63) is 57.4 Å². The highest BCUT2D eigenvalue weighted by molar-refractivity contribution is 7.09. The van der Waals surface area contributed by atoms with Crippen LogP contribution < -0.4 is 0 Å². The van der Waals surface area contributed by atoms with Crippen molar-refractivity contribution < 1.29 is 4.79 Å². The molecule has 1 N–H and O–H groups in total. The van der Waals surface area contributed by atoms with E-state index in [9.17, 15) is 4.79 Å². The van der Waals surface area contributed by atoms with Crippen LogP contribution in [-0.2, 0) is 6.54 Å². The Morgan fingerprint density at radius 2 is 1.96 bits per heavy atom. The lowest BCUT2D eigenvalue weighted by molar-refractivity contribution is 0.0630. The van der Waals surface area contributed by atoms with Gasteiger partial charge in [0.2, 0.25) is 0 Å². The van der Waals surface area contributed by atoms with E-state index in [2.05, 4.69) is 41.2 Å². The molecule has 0 unspecified atom stereocenters. The van der Waals surface area contributed by atoms with Crippen LogP contribution in [0.1, 0.15) is 26.5 Å². The van der Waals surface area contributed by atoms with Gasteiger partial charge in [-0.2, -0.15) is 0 Å². The molecule has 4 nitrogen and oxygen atoms in total. The number of aryl methyl sites for hydroxylation is 2. The number of rotatable bonds is 3. The predicted molar refractivity (Wildman–Crippen MR) is 103 cm³/mol. The van der Waals surface area contributed by atoms with E-state index in [1.807, 2.05) is 23.1 Å². The number of amides is 1. The molecule has 1 aromatic carbocycles. The van der Waals surface area contributed by atoms with Crippen molar-refractivity contribution in [1.29, 1.82) is 0 Å². The molecule has 1 saturated heterocycles. The molecule has 5 heteroatoms. The van der Waals surface area contributed by atoms with E-state index in [0.717, 1.165) is 49.2 Å². The highest BCUT2D eigenvalue weighted by Crippen LogP contribution is 2.23. The van der Waals surface area contributed by atoms with Crippen LogP contribution in [0.3, 0.4) is 0 Å². The number of hydrogen-bond donors (Lipinski definition) is 1. The van der Waals surface area contributed by atoms with Crippen LogP contribution in [0.5, 0.6) is 0 Å². The highest BCUT2D eigenvalue weighted by Gasteiger charge is 2.22. The van der Waals surface area contributed by atoms with Crippen molar-refractivity contribution in [2.24, 2.45) is 0 Å². The van der Waals surface area contributed by atoms with Crippen molar-refractivity contribution >= 4 is 28.1 Å². The number of carbonyl (C=O) groups is 1. The maximum absolute atomic E-state index is 12.9. The summed E-state index contributed by atoms with van der Waals surface area (Å²) in [6.07, 6.45) is 0. The van der Waals surface area contributed by atoms with Gasteiger partial charge in [-0.05, 0) is 49.1 Å². The summed E-state index contributed by atoms with van der Waals surface area (Å²) < 4.78 is 0. The van der Waals surface area contributed by atoms with Gasteiger partial charge in [-0.1, -0.05) is 6.07 Å². The molecule has 25 heavy (non-hydrogen) atoms. The molecule has 4 rings (SSSR count). The second-order valence-corrected chi connectivity index (χ2v) is 7.82. The molecule has 0 bridgehead atoms. The number of fused-ring (bicyclic) bond motifs is 1. The largest absolute Gasteiger partial charge is 0.358 e. The average molecular weight is 353 g/mol.